The Labute approximate surface area is 110 Å². The van der Waals surface area contributed by atoms with Gasteiger partial charge < -0.3 is 9.57 Å². The molecule has 2 aliphatic rings. The maximum absolute atomic E-state index is 12.0. The highest BCUT2D eigenvalue weighted by molar-refractivity contribution is 5.85. The smallest absolute Gasteiger partial charge is 0.389 e. The Morgan fingerprint density at radius 1 is 1.37 bits per heavy atom. The van der Waals surface area contributed by atoms with Crippen LogP contribution in [0.4, 0.5) is 13.2 Å². The quantitative estimate of drug-likeness (QED) is 0.793. The molecule has 0 N–H and O–H groups in total. The SMILES string of the molecule is CCC1=NOC2(CCN(COCC(F)(F)F)CC2)C1. The van der Waals surface area contributed by atoms with Gasteiger partial charge in [-0.05, 0) is 6.42 Å². The molecule has 0 bridgehead atoms. The fourth-order valence-corrected chi connectivity index (χ4v) is 2.44. The molecule has 1 saturated heterocycles. The second kappa shape index (κ2) is 5.66. The molecule has 0 radical (unpaired) electrons. The largest absolute Gasteiger partial charge is 0.411 e. The Morgan fingerprint density at radius 2 is 2.05 bits per heavy atom. The van der Waals surface area contributed by atoms with Crippen molar-refractivity contribution in [2.75, 3.05) is 26.4 Å². The fraction of sp³-hybridized carbons (Fsp3) is 0.917. The lowest BCUT2D eigenvalue weighted by Gasteiger charge is -2.36. The zero-order chi connectivity index (χ0) is 13.9. The molecular weight excluding hydrogens is 261 g/mol. The van der Waals surface area contributed by atoms with Crippen molar-refractivity contribution in [1.29, 1.82) is 0 Å². The second-order valence-electron chi connectivity index (χ2n) is 5.17. The van der Waals surface area contributed by atoms with E-state index in [1.165, 1.54) is 0 Å². The molecule has 0 saturated carbocycles. The third-order valence-corrected chi connectivity index (χ3v) is 3.61. The molecule has 0 aliphatic carbocycles. The predicted molar refractivity (Wildman–Crippen MR) is 63.8 cm³/mol. The molecule has 0 aromatic rings. The Balaban J connectivity index is 1.69. The summed E-state index contributed by atoms with van der Waals surface area (Å²) in [4.78, 5) is 7.41. The van der Waals surface area contributed by atoms with E-state index in [0.29, 0.717) is 13.1 Å². The molecule has 2 heterocycles. The Bertz CT molecular complexity index is 336. The van der Waals surface area contributed by atoms with Gasteiger partial charge in [-0.25, -0.2) is 0 Å². The zero-order valence-electron chi connectivity index (χ0n) is 11.0. The van der Waals surface area contributed by atoms with Crippen LogP contribution in [0.2, 0.25) is 0 Å². The minimum atomic E-state index is -4.25. The molecule has 1 fully saturated rings. The minimum absolute atomic E-state index is 0.0249. The number of oxime groups is 1. The van der Waals surface area contributed by atoms with Crippen LogP contribution in [-0.4, -0.2) is 48.8 Å². The van der Waals surface area contributed by atoms with Gasteiger partial charge in [-0.2, -0.15) is 13.2 Å². The number of hydrogen-bond acceptors (Lipinski definition) is 4. The molecule has 0 unspecified atom stereocenters. The van der Waals surface area contributed by atoms with E-state index in [1.807, 2.05) is 11.8 Å². The number of nitrogens with zero attached hydrogens (tertiary/aromatic N) is 2. The van der Waals surface area contributed by atoms with Gasteiger partial charge in [0, 0.05) is 32.4 Å². The minimum Gasteiger partial charge on any atom is -0.389 e. The molecule has 1 spiro atoms. The predicted octanol–water partition coefficient (Wildman–Crippen LogP) is 2.54. The molecule has 0 aromatic carbocycles. The van der Waals surface area contributed by atoms with Crippen molar-refractivity contribution in [3.8, 4) is 0 Å². The summed E-state index contributed by atoms with van der Waals surface area (Å²) >= 11 is 0. The normalized spacial score (nSPS) is 23.5. The van der Waals surface area contributed by atoms with Gasteiger partial charge in [0.25, 0.3) is 0 Å². The second-order valence-corrected chi connectivity index (χ2v) is 5.17. The number of rotatable bonds is 4. The number of alkyl halides is 3. The number of halogens is 3. The first kappa shape index (κ1) is 14.6. The third-order valence-electron chi connectivity index (χ3n) is 3.61. The van der Waals surface area contributed by atoms with E-state index in [0.717, 1.165) is 31.4 Å². The van der Waals surface area contributed by atoms with Crippen LogP contribution in [0.3, 0.4) is 0 Å². The molecule has 19 heavy (non-hydrogen) atoms. The van der Waals surface area contributed by atoms with Crippen LogP contribution in [0.25, 0.3) is 0 Å². The van der Waals surface area contributed by atoms with Gasteiger partial charge in [-0.1, -0.05) is 12.1 Å². The summed E-state index contributed by atoms with van der Waals surface area (Å²) in [7, 11) is 0. The molecule has 2 rings (SSSR count). The summed E-state index contributed by atoms with van der Waals surface area (Å²) in [5.41, 5.74) is 0.855. The van der Waals surface area contributed by atoms with E-state index in [-0.39, 0.29) is 12.3 Å². The standard InChI is InChI=1S/C12H19F3N2O2/c1-2-10-7-11(19-16-10)3-5-17(6-4-11)9-18-8-12(13,14)15/h2-9H2,1H3. The molecule has 0 atom stereocenters. The average Bonchev–Trinajstić information content (AvgIpc) is 2.74. The van der Waals surface area contributed by atoms with Crippen molar-refractivity contribution < 1.29 is 22.7 Å². The first-order valence-corrected chi connectivity index (χ1v) is 6.53. The first-order valence-electron chi connectivity index (χ1n) is 6.53. The molecule has 7 heteroatoms. The molecular formula is C12H19F3N2O2. The Morgan fingerprint density at radius 3 is 2.58 bits per heavy atom. The van der Waals surface area contributed by atoms with E-state index < -0.39 is 12.8 Å². The van der Waals surface area contributed by atoms with E-state index in [2.05, 4.69) is 9.89 Å². The van der Waals surface area contributed by atoms with Gasteiger partial charge in [0.1, 0.15) is 12.2 Å². The molecule has 2 aliphatic heterocycles. The van der Waals surface area contributed by atoms with Crippen molar-refractivity contribution >= 4 is 5.71 Å². The van der Waals surface area contributed by atoms with E-state index in [1.54, 1.807) is 0 Å². The lowest BCUT2D eigenvalue weighted by molar-refractivity contribution is -0.186. The van der Waals surface area contributed by atoms with E-state index in [9.17, 15) is 13.2 Å². The summed E-state index contributed by atoms with van der Waals surface area (Å²) in [6, 6.07) is 0. The van der Waals surface area contributed by atoms with Crippen LogP contribution in [0.5, 0.6) is 0 Å². The topological polar surface area (TPSA) is 34.1 Å². The van der Waals surface area contributed by atoms with Crippen molar-refractivity contribution in [3.05, 3.63) is 0 Å². The van der Waals surface area contributed by atoms with Crippen molar-refractivity contribution in [1.82, 2.24) is 4.90 Å². The van der Waals surface area contributed by atoms with Gasteiger partial charge in [0.15, 0.2) is 0 Å². The lowest BCUT2D eigenvalue weighted by atomic mass is 9.86. The molecule has 0 aromatic heterocycles. The Hall–Kier alpha value is -0.820. The summed E-state index contributed by atoms with van der Waals surface area (Å²) in [6.07, 6.45) is -0.943. The number of likely N-dealkylation sites (tertiary alicyclic amines) is 1. The highest BCUT2D eigenvalue weighted by Gasteiger charge is 2.41. The van der Waals surface area contributed by atoms with Crippen LogP contribution in [0.15, 0.2) is 5.16 Å². The summed E-state index contributed by atoms with van der Waals surface area (Å²) in [6.45, 7) is 2.25. The summed E-state index contributed by atoms with van der Waals surface area (Å²) in [5, 5.41) is 4.07. The zero-order valence-corrected chi connectivity index (χ0v) is 11.0. The first-order chi connectivity index (χ1) is 8.92. The van der Waals surface area contributed by atoms with Gasteiger partial charge in [-0.3, -0.25) is 4.90 Å². The molecule has 0 amide bonds. The molecule has 4 nitrogen and oxygen atoms in total. The van der Waals surface area contributed by atoms with Crippen molar-refractivity contribution in [3.63, 3.8) is 0 Å². The van der Waals surface area contributed by atoms with E-state index >= 15 is 0 Å². The van der Waals surface area contributed by atoms with Crippen LogP contribution in [0.1, 0.15) is 32.6 Å². The fourth-order valence-electron chi connectivity index (χ4n) is 2.44. The summed E-state index contributed by atoms with van der Waals surface area (Å²) in [5.74, 6) is 0. The van der Waals surface area contributed by atoms with Crippen LogP contribution in [-0.2, 0) is 9.57 Å². The Kier molecular flexibility index (Phi) is 4.35. The highest BCUT2D eigenvalue weighted by Crippen LogP contribution is 2.35. The number of piperidine rings is 1. The van der Waals surface area contributed by atoms with Gasteiger partial charge in [0.05, 0.1) is 12.4 Å². The summed E-state index contributed by atoms with van der Waals surface area (Å²) < 4.78 is 40.5. The van der Waals surface area contributed by atoms with E-state index in [4.69, 9.17) is 4.84 Å². The van der Waals surface area contributed by atoms with Crippen LogP contribution in [0, 0.1) is 0 Å². The highest BCUT2D eigenvalue weighted by atomic mass is 19.4. The molecule has 110 valence electrons. The van der Waals surface area contributed by atoms with Crippen molar-refractivity contribution in [2.24, 2.45) is 5.16 Å². The van der Waals surface area contributed by atoms with Gasteiger partial charge in [0.2, 0.25) is 0 Å². The average molecular weight is 280 g/mol. The number of hydrogen-bond donors (Lipinski definition) is 0. The van der Waals surface area contributed by atoms with Crippen LogP contribution >= 0.6 is 0 Å². The van der Waals surface area contributed by atoms with Crippen molar-refractivity contribution in [2.45, 2.75) is 44.4 Å². The lowest BCUT2D eigenvalue weighted by Crippen LogP contribution is -2.45. The third kappa shape index (κ3) is 4.07. The van der Waals surface area contributed by atoms with Gasteiger partial charge >= 0.3 is 6.18 Å². The maximum atomic E-state index is 12.0. The maximum Gasteiger partial charge on any atom is 0.411 e. The van der Waals surface area contributed by atoms with Crippen LogP contribution < -0.4 is 0 Å². The number of ether oxygens (including phenoxy) is 1. The van der Waals surface area contributed by atoms with Gasteiger partial charge in [-0.15, -0.1) is 0 Å². The monoisotopic (exact) mass is 280 g/mol.